The van der Waals surface area contributed by atoms with Gasteiger partial charge in [0.25, 0.3) is 0 Å². The molecule has 3 heteroatoms. The summed E-state index contributed by atoms with van der Waals surface area (Å²) in [7, 11) is 0. The smallest absolute Gasteiger partial charge is 0.0627 e. The van der Waals surface area contributed by atoms with Crippen LogP contribution in [0.3, 0.4) is 0 Å². The molecule has 0 amide bonds. The minimum Gasteiger partial charge on any atom is -0.327 e. The van der Waals surface area contributed by atoms with E-state index in [0.29, 0.717) is 12.0 Å². The zero-order valence-corrected chi connectivity index (χ0v) is 10.3. The number of nitrogens with zero attached hydrogens (tertiary/aromatic N) is 2. The van der Waals surface area contributed by atoms with Crippen LogP contribution in [0.5, 0.6) is 0 Å². The fourth-order valence-electron chi connectivity index (χ4n) is 1.66. The molecule has 0 fully saturated rings. The highest BCUT2D eigenvalue weighted by Gasteiger charge is 2.13. The Morgan fingerprint density at radius 2 is 2.07 bits per heavy atom. The van der Waals surface area contributed by atoms with Crippen LogP contribution in [0.25, 0.3) is 0 Å². The minimum atomic E-state index is 0.286. The van der Waals surface area contributed by atoms with Crippen molar-refractivity contribution in [2.45, 2.75) is 52.6 Å². The van der Waals surface area contributed by atoms with Crippen LogP contribution in [0.15, 0.2) is 12.3 Å². The fourth-order valence-corrected chi connectivity index (χ4v) is 1.66. The van der Waals surface area contributed by atoms with Gasteiger partial charge in [-0.3, -0.25) is 4.68 Å². The maximum absolute atomic E-state index is 6.00. The van der Waals surface area contributed by atoms with Crippen LogP contribution in [0, 0.1) is 5.92 Å². The summed E-state index contributed by atoms with van der Waals surface area (Å²) < 4.78 is 2.00. The first kappa shape index (κ1) is 12.2. The van der Waals surface area contributed by atoms with Gasteiger partial charge in [-0.2, -0.15) is 5.10 Å². The third kappa shape index (κ3) is 3.34. The highest BCUT2D eigenvalue weighted by atomic mass is 15.3. The molecule has 0 aliphatic rings. The highest BCUT2D eigenvalue weighted by Crippen LogP contribution is 2.12. The molecule has 86 valence electrons. The molecule has 0 aliphatic heterocycles. The Hall–Kier alpha value is -0.830. The summed E-state index contributed by atoms with van der Waals surface area (Å²) in [4.78, 5) is 0. The van der Waals surface area contributed by atoms with Gasteiger partial charge in [-0.1, -0.05) is 13.8 Å². The second kappa shape index (κ2) is 5.31. The molecule has 0 saturated heterocycles. The van der Waals surface area contributed by atoms with E-state index in [-0.39, 0.29) is 6.04 Å². The summed E-state index contributed by atoms with van der Waals surface area (Å²) in [5.74, 6) is 0.505. The van der Waals surface area contributed by atoms with E-state index in [4.69, 9.17) is 5.73 Å². The Labute approximate surface area is 92.7 Å². The Morgan fingerprint density at radius 3 is 2.53 bits per heavy atom. The molecule has 1 aromatic rings. The molecular weight excluding hydrogens is 186 g/mol. The van der Waals surface area contributed by atoms with Crippen molar-refractivity contribution in [2.75, 3.05) is 0 Å². The van der Waals surface area contributed by atoms with Gasteiger partial charge < -0.3 is 5.73 Å². The topological polar surface area (TPSA) is 43.8 Å². The minimum absolute atomic E-state index is 0.286. The molecule has 0 radical (unpaired) electrons. The first-order valence-electron chi connectivity index (χ1n) is 5.84. The molecular formula is C12H23N3. The lowest BCUT2D eigenvalue weighted by Crippen LogP contribution is -2.28. The maximum Gasteiger partial charge on any atom is 0.0627 e. The van der Waals surface area contributed by atoms with Gasteiger partial charge in [0.1, 0.15) is 0 Å². The molecule has 0 saturated carbocycles. The number of hydrogen-bond acceptors (Lipinski definition) is 2. The van der Waals surface area contributed by atoms with Crippen LogP contribution in [-0.4, -0.2) is 15.8 Å². The van der Waals surface area contributed by atoms with Gasteiger partial charge in [0.05, 0.1) is 5.69 Å². The van der Waals surface area contributed by atoms with E-state index in [9.17, 15) is 0 Å². The summed E-state index contributed by atoms with van der Waals surface area (Å²) in [6.07, 6.45) is 4.06. The van der Waals surface area contributed by atoms with E-state index >= 15 is 0 Å². The van der Waals surface area contributed by atoms with Gasteiger partial charge in [0.15, 0.2) is 0 Å². The number of rotatable bonds is 5. The van der Waals surface area contributed by atoms with Crippen molar-refractivity contribution in [1.29, 1.82) is 0 Å². The maximum atomic E-state index is 6.00. The van der Waals surface area contributed by atoms with Crippen LogP contribution in [0.1, 0.15) is 45.9 Å². The van der Waals surface area contributed by atoms with Crippen molar-refractivity contribution in [2.24, 2.45) is 11.7 Å². The molecule has 1 rings (SSSR count). The number of nitrogens with two attached hydrogens (primary N) is 1. The first-order chi connectivity index (χ1) is 7.04. The van der Waals surface area contributed by atoms with Crippen LogP contribution in [0.4, 0.5) is 0 Å². The lowest BCUT2D eigenvalue weighted by Gasteiger charge is -2.16. The van der Waals surface area contributed by atoms with Crippen molar-refractivity contribution in [3.63, 3.8) is 0 Å². The SMILES string of the molecule is CCC(N)C(C)Cc1ccn(C(C)C)n1. The molecule has 2 N–H and O–H groups in total. The molecule has 2 unspecified atom stereocenters. The van der Waals surface area contributed by atoms with Gasteiger partial charge in [-0.05, 0) is 38.7 Å². The van der Waals surface area contributed by atoms with Crippen LogP contribution >= 0.6 is 0 Å². The normalized spacial score (nSPS) is 15.6. The standard InChI is InChI=1S/C12H23N3/c1-5-12(13)10(4)8-11-6-7-15(14-11)9(2)3/h6-7,9-10,12H,5,8,13H2,1-4H3. The lowest BCUT2D eigenvalue weighted by atomic mass is 9.96. The Bertz CT molecular complexity index is 291. The Balaban J connectivity index is 2.57. The molecule has 1 aromatic heterocycles. The summed E-state index contributed by atoms with van der Waals surface area (Å²) >= 11 is 0. The Morgan fingerprint density at radius 1 is 1.40 bits per heavy atom. The van der Waals surface area contributed by atoms with Crippen molar-refractivity contribution in [3.05, 3.63) is 18.0 Å². The van der Waals surface area contributed by atoms with Gasteiger partial charge >= 0.3 is 0 Å². The van der Waals surface area contributed by atoms with E-state index in [1.807, 2.05) is 10.9 Å². The van der Waals surface area contributed by atoms with Crippen molar-refractivity contribution in [3.8, 4) is 0 Å². The second-order valence-corrected chi connectivity index (χ2v) is 4.63. The van der Waals surface area contributed by atoms with E-state index in [1.54, 1.807) is 0 Å². The van der Waals surface area contributed by atoms with Crippen molar-refractivity contribution < 1.29 is 0 Å². The van der Waals surface area contributed by atoms with E-state index < -0.39 is 0 Å². The molecule has 0 aliphatic carbocycles. The Kier molecular flexibility index (Phi) is 4.33. The van der Waals surface area contributed by atoms with Gasteiger partial charge in [0, 0.05) is 18.3 Å². The molecule has 15 heavy (non-hydrogen) atoms. The summed E-state index contributed by atoms with van der Waals surface area (Å²) in [5, 5.41) is 4.53. The van der Waals surface area contributed by atoms with Gasteiger partial charge in [0.2, 0.25) is 0 Å². The molecule has 0 spiro atoms. The average Bonchev–Trinajstić information content (AvgIpc) is 2.65. The van der Waals surface area contributed by atoms with Crippen LogP contribution < -0.4 is 5.73 Å². The van der Waals surface area contributed by atoms with Crippen molar-refractivity contribution in [1.82, 2.24) is 9.78 Å². The molecule has 0 bridgehead atoms. The number of aromatic nitrogens is 2. The fraction of sp³-hybridized carbons (Fsp3) is 0.750. The molecule has 2 atom stereocenters. The highest BCUT2D eigenvalue weighted by molar-refractivity contribution is 5.01. The van der Waals surface area contributed by atoms with E-state index in [0.717, 1.165) is 18.5 Å². The van der Waals surface area contributed by atoms with Gasteiger partial charge in [-0.15, -0.1) is 0 Å². The lowest BCUT2D eigenvalue weighted by molar-refractivity contribution is 0.433. The van der Waals surface area contributed by atoms with Crippen LogP contribution in [-0.2, 0) is 6.42 Å². The molecule has 1 heterocycles. The zero-order chi connectivity index (χ0) is 11.4. The monoisotopic (exact) mass is 209 g/mol. The predicted molar refractivity (Wildman–Crippen MR) is 63.7 cm³/mol. The quantitative estimate of drug-likeness (QED) is 0.809. The second-order valence-electron chi connectivity index (χ2n) is 4.63. The summed E-state index contributed by atoms with van der Waals surface area (Å²) in [6.45, 7) is 8.60. The first-order valence-corrected chi connectivity index (χ1v) is 5.84. The van der Waals surface area contributed by atoms with Crippen LogP contribution in [0.2, 0.25) is 0 Å². The third-order valence-corrected chi connectivity index (χ3v) is 2.93. The largest absolute Gasteiger partial charge is 0.327 e. The van der Waals surface area contributed by atoms with Crippen molar-refractivity contribution >= 4 is 0 Å². The zero-order valence-electron chi connectivity index (χ0n) is 10.3. The van der Waals surface area contributed by atoms with E-state index in [1.165, 1.54) is 0 Å². The molecule has 0 aromatic carbocycles. The third-order valence-electron chi connectivity index (χ3n) is 2.93. The average molecular weight is 209 g/mol. The predicted octanol–water partition coefficient (Wildman–Crippen LogP) is 2.38. The van der Waals surface area contributed by atoms with E-state index in [2.05, 4.69) is 38.9 Å². The van der Waals surface area contributed by atoms with Gasteiger partial charge in [-0.25, -0.2) is 0 Å². The molecule has 3 nitrogen and oxygen atoms in total. The summed E-state index contributed by atoms with van der Waals surface area (Å²) in [6, 6.07) is 2.82. The number of hydrogen-bond donors (Lipinski definition) is 1. The summed E-state index contributed by atoms with van der Waals surface area (Å²) in [5.41, 5.74) is 7.15.